The highest BCUT2D eigenvalue weighted by Crippen LogP contribution is 2.42. The van der Waals surface area contributed by atoms with Gasteiger partial charge in [0.2, 0.25) is 11.8 Å². The first-order chi connectivity index (χ1) is 17.3. The number of rotatable bonds is 4. The van der Waals surface area contributed by atoms with E-state index in [1.807, 2.05) is 0 Å². The standard InChI is InChI=1S/C27H22N4O5/c32-16-11-9-15(10-12-16)13-20-23(33)29-21(24(34)28-20)14-27(36)18-6-2-4-8-22(18)31-25(35)17-5-1-3-7-19(17)30-26(27)31/h1-12,20-21,32,36H,13-14H2,(H,28,34)(H,29,33). The van der Waals surface area contributed by atoms with Crippen LogP contribution in [0.15, 0.2) is 77.6 Å². The molecular weight excluding hydrogens is 460 g/mol. The molecule has 6 rings (SSSR count). The van der Waals surface area contributed by atoms with E-state index in [1.54, 1.807) is 60.7 Å². The van der Waals surface area contributed by atoms with E-state index < -0.39 is 23.6 Å². The number of hydrogen-bond donors (Lipinski definition) is 4. The molecule has 4 N–H and O–H groups in total. The molecule has 1 fully saturated rings. The van der Waals surface area contributed by atoms with Gasteiger partial charge in [0.1, 0.15) is 17.8 Å². The van der Waals surface area contributed by atoms with Crippen LogP contribution in [-0.2, 0) is 21.6 Å². The molecule has 36 heavy (non-hydrogen) atoms. The zero-order valence-corrected chi connectivity index (χ0v) is 19.0. The highest BCUT2D eigenvalue weighted by atomic mass is 16.3. The lowest BCUT2D eigenvalue weighted by molar-refractivity contribution is -0.138. The summed E-state index contributed by atoms with van der Waals surface area (Å²) in [6.45, 7) is 0. The number of nitrogens with zero attached hydrogens (tertiary/aromatic N) is 2. The van der Waals surface area contributed by atoms with Gasteiger partial charge in [0.25, 0.3) is 5.56 Å². The number of para-hydroxylation sites is 2. The highest BCUT2D eigenvalue weighted by Gasteiger charge is 2.48. The predicted molar refractivity (Wildman–Crippen MR) is 131 cm³/mol. The van der Waals surface area contributed by atoms with Crippen molar-refractivity contribution in [2.24, 2.45) is 0 Å². The summed E-state index contributed by atoms with van der Waals surface area (Å²) >= 11 is 0. The van der Waals surface area contributed by atoms with Crippen LogP contribution >= 0.6 is 0 Å². The van der Waals surface area contributed by atoms with Crippen molar-refractivity contribution in [3.8, 4) is 11.4 Å². The topological polar surface area (TPSA) is 134 Å². The Balaban J connectivity index is 1.34. The van der Waals surface area contributed by atoms with Gasteiger partial charge in [-0.25, -0.2) is 4.98 Å². The minimum absolute atomic E-state index is 0.112. The average molecular weight is 482 g/mol. The van der Waals surface area contributed by atoms with Crippen molar-refractivity contribution in [3.05, 3.63) is 100 Å². The van der Waals surface area contributed by atoms with Crippen molar-refractivity contribution in [2.75, 3.05) is 0 Å². The fraction of sp³-hybridized carbons (Fsp3) is 0.185. The van der Waals surface area contributed by atoms with Gasteiger partial charge in [-0.2, -0.15) is 0 Å². The van der Waals surface area contributed by atoms with Crippen molar-refractivity contribution in [1.82, 2.24) is 20.2 Å². The fourth-order valence-electron chi connectivity index (χ4n) is 5.10. The number of amides is 2. The third kappa shape index (κ3) is 3.36. The lowest BCUT2D eigenvalue weighted by atomic mass is 9.86. The summed E-state index contributed by atoms with van der Waals surface area (Å²) in [6.07, 6.45) is 0.0573. The van der Waals surface area contributed by atoms with Crippen LogP contribution in [0.25, 0.3) is 16.6 Å². The van der Waals surface area contributed by atoms with Crippen LogP contribution in [0.4, 0.5) is 0 Å². The van der Waals surface area contributed by atoms with Crippen LogP contribution in [0.5, 0.6) is 5.75 Å². The number of aromatic hydroxyl groups is 1. The summed E-state index contributed by atoms with van der Waals surface area (Å²) in [4.78, 5) is 43.9. The van der Waals surface area contributed by atoms with Crippen LogP contribution in [0.1, 0.15) is 23.4 Å². The Hall–Kier alpha value is -4.50. The maximum absolute atomic E-state index is 13.4. The number of phenolic OH excluding ortho intramolecular Hbond substituents is 1. The van der Waals surface area contributed by atoms with Gasteiger partial charge in [0.05, 0.1) is 16.6 Å². The Morgan fingerprint density at radius 2 is 1.53 bits per heavy atom. The summed E-state index contributed by atoms with van der Waals surface area (Å²) in [5.74, 6) is -0.597. The van der Waals surface area contributed by atoms with E-state index in [-0.39, 0.29) is 35.9 Å². The molecule has 3 aromatic carbocycles. The maximum atomic E-state index is 13.4. The zero-order valence-electron chi connectivity index (χ0n) is 19.0. The van der Waals surface area contributed by atoms with Gasteiger partial charge in [-0.15, -0.1) is 0 Å². The summed E-state index contributed by atoms with van der Waals surface area (Å²) < 4.78 is 1.38. The second-order valence-corrected chi connectivity index (χ2v) is 9.17. The molecule has 0 spiro atoms. The largest absolute Gasteiger partial charge is 0.508 e. The first-order valence-electron chi connectivity index (χ1n) is 11.6. The molecule has 0 aliphatic carbocycles. The number of fused-ring (bicyclic) bond motifs is 4. The minimum atomic E-state index is -1.78. The number of piperazine rings is 1. The Labute approximate surface area is 205 Å². The van der Waals surface area contributed by atoms with Gasteiger partial charge in [-0.3, -0.25) is 19.0 Å². The first kappa shape index (κ1) is 22.0. The van der Waals surface area contributed by atoms with Crippen molar-refractivity contribution >= 4 is 22.7 Å². The molecule has 0 saturated carbocycles. The quantitative estimate of drug-likeness (QED) is 0.346. The second-order valence-electron chi connectivity index (χ2n) is 9.17. The summed E-state index contributed by atoms with van der Waals surface area (Å²) in [6, 6.07) is 18.4. The highest BCUT2D eigenvalue weighted by molar-refractivity contribution is 5.97. The zero-order chi connectivity index (χ0) is 25.0. The number of aliphatic hydroxyl groups is 1. The third-order valence-corrected chi connectivity index (χ3v) is 6.88. The molecule has 1 saturated heterocycles. The monoisotopic (exact) mass is 482 g/mol. The first-order valence-corrected chi connectivity index (χ1v) is 11.6. The summed E-state index contributed by atoms with van der Waals surface area (Å²) in [7, 11) is 0. The lowest BCUT2D eigenvalue weighted by Gasteiger charge is -2.34. The Kier molecular flexibility index (Phi) is 4.90. The predicted octanol–water partition coefficient (Wildman–Crippen LogP) is 1.26. The molecule has 4 aromatic rings. The van der Waals surface area contributed by atoms with Crippen molar-refractivity contribution in [3.63, 3.8) is 0 Å². The van der Waals surface area contributed by atoms with E-state index in [0.717, 1.165) is 5.56 Å². The molecular formula is C27H22N4O5. The Morgan fingerprint density at radius 1 is 0.861 bits per heavy atom. The van der Waals surface area contributed by atoms with Crippen molar-refractivity contribution in [2.45, 2.75) is 30.5 Å². The van der Waals surface area contributed by atoms with E-state index in [0.29, 0.717) is 22.2 Å². The molecule has 1 aromatic heterocycles. The smallest absolute Gasteiger partial charge is 0.266 e. The van der Waals surface area contributed by atoms with Crippen LogP contribution in [0.3, 0.4) is 0 Å². The number of carbonyl (C=O) groups excluding carboxylic acids is 2. The molecule has 180 valence electrons. The van der Waals surface area contributed by atoms with Crippen molar-refractivity contribution < 1.29 is 19.8 Å². The van der Waals surface area contributed by atoms with E-state index in [1.165, 1.54) is 16.7 Å². The van der Waals surface area contributed by atoms with E-state index in [2.05, 4.69) is 15.6 Å². The molecule has 0 radical (unpaired) electrons. The molecule has 2 aliphatic heterocycles. The Morgan fingerprint density at radius 3 is 2.33 bits per heavy atom. The lowest BCUT2D eigenvalue weighted by Crippen LogP contribution is -2.63. The number of aromatic nitrogens is 2. The van der Waals surface area contributed by atoms with Crippen LogP contribution < -0.4 is 16.2 Å². The SMILES string of the molecule is O=C1NC(CC2(O)c3ccccc3-n3c2nc2ccccc2c3=O)C(=O)NC1Cc1ccc(O)cc1. The van der Waals surface area contributed by atoms with Gasteiger partial charge in [-0.05, 0) is 35.9 Å². The second kappa shape index (κ2) is 8.03. The van der Waals surface area contributed by atoms with Gasteiger partial charge in [0, 0.05) is 18.4 Å². The molecule has 0 bridgehead atoms. The number of nitrogens with one attached hydrogen (secondary N) is 2. The summed E-state index contributed by atoms with van der Waals surface area (Å²) in [5, 5.41) is 27.4. The molecule has 2 aliphatic rings. The number of phenols is 1. The van der Waals surface area contributed by atoms with Crippen LogP contribution in [0, 0.1) is 0 Å². The molecule has 3 unspecified atom stereocenters. The van der Waals surface area contributed by atoms with Gasteiger partial charge < -0.3 is 20.8 Å². The van der Waals surface area contributed by atoms with Gasteiger partial charge in [-0.1, -0.05) is 42.5 Å². The number of hydrogen-bond acceptors (Lipinski definition) is 6. The number of benzene rings is 3. The van der Waals surface area contributed by atoms with Gasteiger partial charge >= 0.3 is 0 Å². The third-order valence-electron chi connectivity index (χ3n) is 6.88. The molecule has 2 amide bonds. The minimum Gasteiger partial charge on any atom is -0.508 e. The molecule has 3 heterocycles. The normalized spacial score (nSPS) is 22.6. The van der Waals surface area contributed by atoms with Gasteiger partial charge in [0.15, 0.2) is 11.4 Å². The van der Waals surface area contributed by atoms with E-state index >= 15 is 0 Å². The van der Waals surface area contributed by atoms with Crippen LogP contribution in [0.2, 0.25) is 0 Å². The fourth-order valence-corrected chi connectivity index (χ4v) is 5.10. The molecule has 9 heteroatoms. The van der Waals surface area contributed by atoms with Crippen molar-refractivity contribution in [1.29, 1.82) is 0 Å². The molecule has 9 nitrogen and oxygen atoms in total. The van der Waals surface area contributed by atoms with Crippen LogP contribution in [-0.4, -0.2) is 43.7 Å². The maximum Gasteiger partial charge on any atom is 0.266 e. The molecule has 3 atom stereocenters. The average Bonchev–Trinajstić information content (AvgIpc) is 3.12. The summed E-state index contributed by atoms with van der Waals surface area (Å²) in [5.41, 5.74) is 0.0542. The van der Waals surface area contributed by atoms with E-state index in [9.17, 15) is 24.6 Å². The number of carbonyl (C=O) groups is 2. The van der Waals surface area contributed by atoms with E-state index in [4.69, 9.17) is 0 Å². The Bertz CT molecular complexity index is 1600.